The van der Waals surface area contributed by atoms with Crippen molar-refractivity contribution in [3.63, 3.8) is 0 Å². The van der Waals surface area contributed by atoms with Crippen molar-refractivity contribution in [1.29, 1.82) is 0 Å². The van der Waals surface area contributed by atoms with E-state index in [-0.39, 0.29) is 106 Å². The van der Waals surface area contributed by atoms with E-state index in [1.807, 2.05) is 0 Å². The van der Waals surface area contributed by atoms with Gasteiger partial charge in [0, 0.05) is 12.1 Å². The smallest absolute Gasteiger partial charge is 0.542 e. The maximum atomic E-state index is 12.3. The zero-order chi connectivity index (χ0) is 24.2. The van der Waals surface area contributed by atoms with Crippen LogP contribution in [0.3, 0.4) is 0 Å². The van der Waals surface area contributed by atoms with E-state index in [2.05, 4.69) is 0 Å². The summed E-state index contributed by atoms with van der Waals surface area (Å²) in [6.45, 7) is 0.466. The molecule has 0 bridgehead atoms. The third-order valence-electron chi connectivity index (χ3n) is 4.89. The van der Waals surface area contributed by atoms with Gasteiger partial charge in [0.05, 0.1) is 13.2 Å². The second-order valence-electron chi connectivity index (χ2n) is 7.19. The second kappa shape index (κ2) is 13.1. The zero-order valence-corrected chi connectivity index (χ0v) is 23.5. The average Bonchev–Trinajstić information content (AvgIpc) is 2.80. The Kier molecular flexibility index (Phi) is 10.8. The molecular formula is C24H16Na2O10. The first-order valence-electron chi connectivity index (χ1n) is 10.2. The number of carboxylic acids is 2. The molecule has 0 unspecified atom stereocenters. The number of fused-ring (bicyclic) bond motifs is 2. The summed E-state index contributed by atoms with van der Waals surface area (Å²) in [5.41, 5.74) is -0.972. The number of carboxylic acid groups (broad SMARTS) is 2. The van der Waals surface area contributed by atoms with E-state index in [4.69, 9.17) is 18.3 Å². The second-order valence-corrected chi connectivity index (χ2v) is 7.19. The Morgan fingerprint density at radius 1 is 0.694 bits per heavy atom. The first kappa shape index (κ1) is 29.6. The van der Waals surface area contributed by atoms with Gasteiger partial charge in [-0.25, -0.2) is 0 Å². The van der Waals surface area contributed by atoms with Crippen LogP contribution in [0.15, 0.2) is 67.0 Å². The van der Waals surface area contributed by atoms with Gasteiger partial charge in [0.15, 0.2) is 22.4 Å². The van der Waals surface area contributed by atoms with E-state index in [1.54, 1.807) is 24.3 Å². The predicted molar refractivity (Wildman–Crippen MR) is 114 cm³/mol. The molecule has 0 amide bonds. The molecule has 2 heterocycles. The summed E-state index contributed by atoms with van der Waals surface area (Å²) in [6.07, 6.45) is 1.07. The van der Waals surface area contributed by atoms with Crippen molar-refractivity contribution >= 4 is 33.9 Å². The van der Waals surface area contributed by atoms with Crippen LogP contribution in [-0.4, -0.2) is 25.2 Å². The van der Waals surface area contributed by atoms with Crippen molar-refractivity contribution < 1.29 is 97.2 Å². The van der Waals surface area contributed by atoms with Crippen LogP contribution in [0.1, 0.15) is 34.0 Å². The number of benzene rings is 2. The fraction of sp³-hybridized carbons (Fsp3) is 0.167. The van der Waals surface area contributed by atoms with Crippen molar-refractivity contribution in [3.8, 4) is 11.5 Å². The summed E-state index contributed by atoms with van der Waals surface area (Å²) in [4.78, 5) is 46.5. The average molecular weight is 510 g/mol. The molecule has 0 aliphatic heterocycles. The minimum absolute atomic E-state index is 0. The van der Waals surface area contributed by atoms with Gasteiger partial charge in [-0.3, -0.25) is 9.59 Å². The van der Waals surface area contributed by atoms with E-state index in [0.29, 0.717) is 12.8 Å². The Morgan fingerprint density at radius 2 is 1.08 bits per heavy atom. The number of unbranched alkanes of at least 4 members (excludes halogenated alkanes) is 1. The molecular weight excluding hydrogens is 494 g/mol. The van der Waals surface area contributed by atoms with Crippen molar-refractivity contribution in [2.24, 2.45) is 0 Å². The summed E-state index contributed by atoms with van der Waals surface area (Å²) in [5, 5.41) is 22.2. The standard InChI is InChI=1S/C24H18O10.2Na/c25-13-11-19(23(27)28)33-17-7-3-5-15(21(13)17)31-9-1-2-10-32-16-6-4-8-18-22(16)14(26)12-20(34-18)24(29)30;;/h3-8,11-12H,1-2,9-10H2,(H,27,28)(H,29,30);;/q;2*+1/p-2. The van der Waals surface area contributed by atoms with Crippen LogP contribution in [0, 0.1) is 0 Å². The van der Waals surface area contributed by atoms with Gasteiger partial charge in [0.25, 0.3) is 0 Å². The summed E-state index contributed by atoms with van der Waals surface area (Å²) in [5.74, 6) is -3.79. The fourth-order valence-corrected chi connectivity index (χ4v) is 3.37. The molecule has 2 aromatic carbocycles. The molecule has 0 saturated heterocycles. The van der Waals surface area contributed by atoms with Crippen molar-refractivity contribution in [1.82, 2.24) is 0 Å². The first-order valence-corrected chi connectivity index (χ1v) is 10.2. The van der Waals surface area contributed by atoms with Gasteiger partial charge in [-0.2, -0.15) is 0 Å². The van der Waals surface area contributed by atoms with Crippen LogP contribution in [0.4, 0.5) is 0 Å². The predicted octanol–water partition coefficient (Wildman–Crippen LogP) is -5.13. The largest absolute Gasteiger partial charge is 1.00 e. The molecule has 4 aromatic rings. The van der Waals surface area contributed by atoms with Crippen LogP contribution >= 0.6 is 0 Å². The minimum Gasteiger partial charge on any atom is -0.542 e. The van der Waals surface area contributed by atoms with Crippen molar-refractivity contribution in [2.45, 2.75) is 12.8 Å². The zero-order valence-electron chi connectivity index (χ0n) is 19.5. The number of carbonyl (C=O) groups is 2. The van der Waals surface area contributed by atoms with Crippen LogP contribution in [-0.2, 0) is 0 Å². The van der Waals surface area contributed by atoms with Gasteiger partial charge in [0.2, 0.25) is 0 Å². The van der Waals surface area contributed by atoms with Gasteiger partial charge < -0.3 is 38.1 Å². The van der Waals surface area contributed by atoms with E-state index >= 15 is 0 Å². The Morgan fingerprint density at radius 3 is 1.44 bits per heavy atom. The summed E-state index contributed by atoms with van der Waals surface area (Å²) in [7, 11) is 0. The first-order chi connectivity index (χ1) is 16.3. The molecule has 0 atom stereocenters. The third kappa shape index (κ3) is 6.58. The molecule has 0 fully saturated rings. The molecule has 0 spiro atoms. The quantitative estimate of drug-likeness (QED) is 0.157. The van der Waals surface area contributed by atoms with Crippen LogP contribution in [0.2, 0.25) is 0 Å². The van der Waals surface area contributed by atoms with Gasteiger partial charge in [0.1, 0.15) is 45.4 Å². The molecule has 174 valence electrons. The molecule has 36 heavy (non-hydrogen) atoms. The number of ether oxygens (including phenoxy) is 2. The van der Waals surface area contributed by atoms with Gasteiger partial charge >= 0.3 is 59.1 Å². The van der Waals surface area contributed by atoms with E-state index in [0.717, 1.165) is 12.1 Å². The monoisotopic (exact) mass is 510 g/mol. The summed E-state index contributed by atoms with van der Waals surface area (Å²) in [6, 6.07) is 10.9. The van der Waals surface area contributed by atoms with Gasteiger partial charge in [-0.15, -0.1) is 0 Å². The molecule has 0 aliphatic carbocycles. The van der Waals surface area contributed by atoms with E-state index in [9.17, 15) is 29.4 Å². The van der Waals surface area contributed by atoms with Crippen molar-refractivity contribution in [3.05, 3.63) is 80.5 Å². The van der Waals surface area contributed by atoms with Crippen LogP contribution in [0.25, 0.3) is 21.9 Å². The Hall–Kier alpha value is -2.60. The molecule has 0 N–H and O–H groups in total. The number of rotatable bonds is 9. The molecule has 4 rings (SSSR count). The number of hydrogen-bond acceptors (Lipinski definition) is 10. The molecule has 0 saturated carbocycles. The Balaban J connectivity index is 0.00000228. The maximum Gasteiger partial charge on any atom is 1.00 e. The normalized spacial score (nSPS) is 10.3. The summed E-state index contributed by atoms with van der Waals surface area (Å²) >= 11 is 0. The SMILES string of the molecule is O=C([O-])c1cc(=O)c2c(OCCCCOc3cccc4oc(C(=O)[O-])cc(=O)c34)cccc2o1.[Na+].[Na+]. The Labute approximate surface area is 247 Å². The van der Waals surface area contributed by atoms with E-state index < -0.39 is 34.3 Å². The number of hydrogen-bond donors (Lipinski definition) is 0. The summed E-state index contributed by atoms with van der Waals surface area (Å²) < 4.78 is 21.7. The Bertz CT molecular complexity index is 1410. The topological polar surface area (TPSA) is 159 Å². The molecule has 0 aliphatic rings. The van der Waals surface area contributed by atoms with E-state index in [1.165, 1.54) is 12.1 Å². The third-order valence-corrected chi connectivity index (χ3v) is 4.89. The van der Waals surface area contributed by atoms with Crippen molar-refractivity contribution in [2.75, 3.05) is 13.2 Å². The molecule has 0 radical (unpaired) electrons. The molecule has 10 nitrogen and oxygen atoms in total. The number of carbonyl (C=O) groups excluding carboxylic acids is 2. The van der Waals surface area contributed by atoms with Gasteiger partial charge in [-0.1, -0.05) is 12.1 Å². The number of aromatic carboxylic acids is 2. The molecule has 12 heteroatoms. The fourth-order valence-electron chi connectivity index (χ4n) is 3.37. The maximum absolute atomic E-state index is 12.3. The van der Waals surface area contributed by atoms with Crippen LogP contribution in [0.5, 0.6) is 11.5 Å². The van der Waals surface area contributed by atoms with Crippen LogP contribution < -0.4 is 89.7 Å². The van der Waals surface area contributed by atoms with Gasteiger partial charge in [-0.05, 0) is 37.1 Å². The minimum atomic E-state index is -1.59. The molecule has 2 aromatic heterocycles.